The quantitative estimate of drug-likeness (QED) is 0.596. The first-order chi connectivity index (χ1) is 7.03. The van der Waals surface area contributed by atoms with E-state index in [0.29, 0.717) is 0 Å². The van der Waals surface area contributed by atoms with Gasteiger partial charge in [-0.05, 0) is 32.1 Å². The number of benzene rings is 1. The molecule has 0 spiro atoms. The number of fused-ring (bicyclic) bond motifs is 1. The first kappa shape index (κ1) is 16.0. The van der Waals surface area contributed by atoms with Gasteiger partial charge in [0, 0.05) is 5.75 Å². The summed E-state index contributed by atoms with van der Waals surface area (Å²) >= 11 is 3.96. The van der Waals surface area contributed by atoms with Gasteiger partial charge in [0.05, 0.1) is 0 Å². The van der Waals surface area contributed by atoms with Gasteiger partial charge in [0.1, 0.15) is 11.0 Å². The molecule has 0 aliphatic rings. The molecule has 2 aromatic rings. The van der Waals surface area contributed by atoms with Crippen LogP contribution in [0.1, 0.15) is 6.92 Å². The Balaban J connectivity index is 0.000000289. The van der Waals surface area contributed by atoms with E-state index in [2.05, 4.69) is 26.6 Å². The number of aromatic amines is 1. The smallest absolute Gasteiger partial charge is 0.769 e. The van der Waals surface area contributed by atoms with E-state index < -0.39 is 8.77 Å². The van der Waals surface area contributed by atoms with Crippen LogP contribution in [0, 0.1) is 0 Å². The number of hydrogen-bond donors (Lipinski definition) is 1. The fourth-order valence-electron chi connectivity index (χ4n) is 0.786. The average Bonchev–Trinajstić information content (AvgIpc) is 2.65. The number of para-hydroxylation sites is 2. The van der Waals surface area contributed by atoms with Crippen molar-refractivity contribution < 1.29 is 38.3 Å². The second-order valence-corrected chi connectivity index (χ2v) is 5.87. The molecule has 0 radical (unpaired) electrons. The van der Waals surface area contributed by atoms with Gasteiger partial charge < -0.3 is 4.55 Å². The Morgan fingerprint density at radius 2 is 1.75 bits per heavy atom. The summed E-state index contributed by atoms with van der Waals surface area (Å²) in [7, 11) is -3.08. The second-order valence-electron chi connectivity index (χ2n) is 2.66. The molecule has 0 bridgehead atoms. The van der Waals surface area contributed by atoms with E-state index in [4.69, 9.17) is 0 Å². The molecule has 82 valence electrons. The van der Waals surface area contributed by atoms with Gasteiger partial charge in [-0.3, -0.25) is 4.21 Å². The van der Waals surface area contributed by atoms with Crippen molar-refractivity contribution in [2.24, 2.45) is 0 Å². The van der Waals surface area contributed by atoms with Crippen molar-refractivity contribution in [3.63, 3.8) is 0 Å². The zero-order valence-electron chi connectivity index (χ0n) is 9.04. The molecule has 1 atom stereocenters. The van der Waals surface area contributed by atoms with E-state index in [9.17, 15) is 8.76 Å². The molecule has 1 heterocycles. The SMILES string of the molecule is CCS(=O)([O-])=S.[Na+].c1ccc2n[nH]nc2c1. The maximum atomic E-state index is 9.81. The zero-order chi connectivity index (χ0) is 11.3. The fourth-order valence-corrected chi connectivity index (χ4v) is 0.786. The van der Waals surface area contributed by atoms with Crippen molar-refractivity contribution in [1.29, 1.82) is 0 Å². The van der Waals surface area contributed by atoms with Gasteiger partial charge in [-0.25, -0.2) is 0 Å². The van der Waals surface area contributed by atoms with Gasteiger partial charge in [0.2, 0.25) is 0 Å². The minimum atomic E-state index is -3.08. The van der Waals surface area contributed by atoms with Crippen molar-refractivity contribution >= 4 is 31.0 Å². The van der Waals surface area contributed by atoms with E-state index in [1.54, 1.807) is 0 Å². The molecule has 1 aromatic heterocycles. The number of aromatic nitrogens is 3. The van der Waals surface area contributed by atoms with Crippen LogP contribution in [0.25, 0.3) is 11.0 Å². The first-order valence-electron chi connectivity index (χ1n) is 4.22. The molecule has 1 N–H and O–H groups in total. The summed E-state index contributed by atoms with van der Waals surface area (Å²) in [6, 6.07) is 7.70. The summed E-state index contributed by atoms with van der Waals surface area (Å²) in [5.41, 5.74) is 1.83. The Morgan fingerprint density at radius 3 is 2.06 bits per heavy atom. The molecule has 8 heteroatoms. The van der Waals surface area contributed by atoms with Crippen LogP contribution in [0.15, 0.2) is 24.3 Å². The van der Waals surface area contributed by atoms with E-state index in [1.807, 2.05) is 24.3 Å². The normalized spacial score (nSPS) is 13.1. The van der Waals surface area contributed by atoms with Gasteiger partial charge in [-0.15, -0.1) is 0 Å². The van der Waals surface area contributed by atoms with Crippen LogP contribution < -0.4 is 29.6 Å². The van der Waals surface area contributed by atoms with Gasteiger partial charge in [-0.2, -0.15) is 15.4 Å². The summed E-state index contributed by atoms with van der Waals surface area (Å²) in [6.07, 6.45) is 0. The average molecular weight is 267 g/mol. The van der Waals surface area contributed by atoms with E-state index >= 15 is 0 Å². The zero-order valence-corrected chi connectivity index (χ0v) is 12.7. The molecule has 1 aromatic carbocycles. The number of nitrogens with one attached hydrogen (secondary N) is 1. The number of hydrogen-bond acceptors (Lipinski definition) is 5. The summed E-state index contributed by atoms with van der Waals surface area (Å²) in [6.45, 7) is 1.52. The van der Waals surface area contributed by atoms with Crippen LogP contribution >= 0.6 is 0 Å². The molecule has 16 heavy (non-hydrogen) atoms. The standard InChI is InChI=1S/C6H5N3.C2H6O2S2.Na/c1-2-4-6-5(3-1)7-9-8-6;1-2-6(3,4)5;/h1-4H,(H,7,8,9);2H2,1H3,(H,3,4,5);/q;;+1/p-1. The molecule has 0 fully saturated rings. The van der Waals surface area contributed by atoms with Gasteiger partial charge in [0.15, 0.2) is 0 Å². The Bertz CT molecular complexity index is 497. The molecule has 1 unspecified atom stereocenters. The number of rotatable bonds is 1. The van der Waals surface area contributed by atoms with Crippen LogP contribution in [-0.2, 0) is 20.0 Å². The van der Waals surface area contributed by atoms with Gasteiger partial charge in [-0.1, -0.05) is 19.1 Å². The van der Waals surface area contributed by atoms with Crippen LogP contribution in [0.3, 0.4) is 0 Å². The summed E-state index contributed by atoms with van der Waals surface area (Å²) in [5.74, 6) is 0.0579. The largest absolute Gasteiger partial charge is 1.00 e. The van der Waals surface area contributed by atoms with Gasteiger partial charge >= 0.3 is 29.6 Å². The van der Waals surface area contributed by atoms with E-state index in [1.165, 1.54) is 6.92 Å². The summed E-state index contributed by atoms with van der Waals surface area (Å²) in [5, 5.41) is 10.3. The third-order valence-corrected chi connectivity index (χ3v) is 2.99. The topological polar surface area (TPSA) is 81.7 Å². The van der Waals surface area contributed by atoms with E-state index in [-0.39, 0.29) is 35.3 Å². The Kier molecular flexibility index (Phi) is 7.29. The predicted octanol–water partition coefficient (Wildman–Crippen LogP) is -2.16. The maximum Gasteiger partial charge on any atom is 1.00 e. The van der Waals surface area contributed by atoms with Crippen molar-refractivity contribution in [3.05, 3.63) is 24.3 Å². The number of H-pyrrole nitrogens is 1. The molecule has 2 rings (SSSR count). The third kappa shape index (κ3) is 5.88. The molecule has 0 aliphatic heterocycles. The van der Waals surface area contributed by atoms with E-state index in [0.717, 1.165) is 11.0 Å². The maximum absolute atomic E-state index is 9.81. The van der Waals surface area contributed by atoms with Crippen LogP contribution in [0.4, 0.5) is 0 Å². The van der Waals surface area contributed by atoms with Crippen molar-refractivity contribution in [3.8, 4) is 0 Å². The van der Waals surface area contributed by atoms with Crippen LogP contribution in [0.2, 0.25) is 0 Å². The minimum Gasteiger partial charge on any atom is -0.769 e. The van der Waals surface area contributed by atoms with Crippen molar-refractivity contribution in [2.75, 3.05) is 5.75 Å². The summed E-state index contributed by atoms with van der Waals surface area (Å²) in [4.78, 5) is 0. The van der Waals surface area contributed by atoms with Crippen LogP contribution in [0.5, 0.6) is 0 Å². The fraction of sp³-hybridized carbons (Fsp3) is 0.250. The van der Waals surface area contributed by atoms with Gasteiger partial charge in [0.25, 0.3) is 0 Å². The second kappa shape index (κ2) is 7.31. The monoisotopic (exact) mass is 267 g/mol. The molecule has 0 aliphatic carbocycles. The molecule has 5 nitrogen and oxygen atoms in total. The third-order valence-electron chi connectivity index (χ3n) is 1.58. The molecular weight excluding hydrogens is 257 g/mol. The summed E-state index contributed by atoms with van der Waals surface area (Å²) < 4.78 is 19.6. The number of nitrogens with zero attached hydrogens (tertiary/aromatic N) is 2. The molecule has 0 saturated heterocycles. The van der Waals surface area contributed by atoms with Crippen LogP contribution in [-0.4, -0.2) is 29.9 Å². The molecular formula is C8H10N3NaO2S2. The predicted molar refractivity (Wildman–Crippen MR) is 60.7 cm³/mol. The van der Waals surface area contributed by atoms with Crippen molar-refractivity contribution in [2.45, 2.75) is 6.92 Å². The Labute approximate surface area is 121 Å². The first-order valence-corrected chi connectivity index (χ1v) is 6.79. The molecule has 0 amide bonds. The minimum absolute atomic E-state index is 0. The molecule has 0 saturated carbocycles. The Morgan fingerprint density at radius 1 is 1.38 bits per heavy atom. The van der Waals surface area contributed by atoms with Crippen molar-refractivity contribution in [1.82, 2.24) is 15.4 Å². The Hall–Kier alpha value is -0.0500.